The van der Waals surface area contributed by atoms with Gasteiger partial charge in [0.2, 0.25) is 0 Å². The van der Waals surface area contributed by atoms with E-state index in [2.05, 4.69) is 30.9 Å². The second-order valence-corrected chi connectivity index (χ2v) is 10.5. The Morgan fingerprint density at radius 2 is 1.82 bits per heavy atom. The molecule has 38 heavy (non-hydrogen) atoms. The van der Waals surface area contributed by atoms with Gasteiger partial charge in [0.25, 0.3) is 5.91 Å². The maximum atomic E-state index is 13.6. The second kappa shape index (κ2) is 11.1. The van der Waals surface area contributed by atoms with Crippen molar-refractivity contribution in [3.8, 4) is 0 Å². The summed E-state index contributed by atoms with van der Waals surface area (Å²) in [6.07, 6.45) is -2.95. The molecule has 8 nitrogen and oxygen atoms in total. The SMILES string of the molecule is CCC1(CC)CN(C)CCN1C(=O)c1cc2n(n1)CCCN(C(=O)OCc1cc(Cl)cc(C(F)(F)F)c1)C2. The minimum Gasteiger partial charge on any atom is -0.445 e. The minimum absolute atomic E-state index is 0.0859. The highest BCUT2D eigenvalue weighted by atomic mass is 35.5. The van der Waals surface area contributed by atoms with E-state index in [1.54, 1.807) is 10.7 Å². The summed E-state index contributed by atoms with van der Waals surface area (Å²) in [5, 5.41) is 4.49. The van der Waals surface area contributed by atoms with Gasteiger partial charge in [-0.05, 0) is 56.1 Å². The highest BCUT2D eigenvalue weighted by molar-refractivity contribution is 6.30. The number of nitrogens with zero attached hydrogens (tertiary/aromatic N) is 5. The maximum Gasteiger partial charge on any atom is 0.416 e. The van der Waals surface area contributed by atoms with Crippen LogP contribution in [0.25, 0.3) is 0 Å². The predicted octanol–water partition coefficient (Wildman–Crippen LogP) is 5.04. The zero-order valence-electron chi connectivity index (χ0n) is 21.9. The van der Waals surface area contributed by atoms with Crippen molar-refractivity contribution in [2.24, 2.45) is 0 Å². The van der Waals surface area contributed by atoms with Crippen molar-refractivity contribution in [2.75, 3.05) is 33.2 Å². The van der Waals surface area contributed by atoms with Crippen LogP contribution in [0.4, 0.5) is 18.0 Å². The molecule has 0 radical (unpaired) electrons. The molecular weight excluding hydrogens is 523 g/mol. The van der Waals surface area contributed by atoms with Crippen molar-refractivity contribution in [2.45, 2.75) is 64.5 Å². The molecule has 4 rings (SSSR count). The number of carbonyl (C=O) groups excluding carboxylic acids is 2. The number of piperazine rings is 1. The van der Waals surface area contributed by atoms with Crippen LogP contribution in [-0.2, 0) is 30.6 Å². The van der Waals surface area contributed by atoms with Gasteiger partial charge in [0.15, 0.2) is 5.69 Å². The molecule has 0 atom stereocenters. The fourth-order valence-electron chi connectivity index (χ4n) is 5.34. The van der Waals surface area contributed by atoms with Gasteiger partial charge in [-0.2, -0.15) is 18.3 Å². The van der Waals surface area contributed by atoms with E-state index < -0.39 is 17.8 Å². The number of fused-ring (bicyclic) bond motifs is 1. The van der Waals surface area contributed by atoms with E-state index in [9.17, 15) is 22.8 Å². The standard InChI is InChI=1S/C26H33ClF3N5O3/c1-4-25(5-2)17-32(3)9-10-34(25)23(36)22-14-21-15-33(7-6-8-35(21)31-22)24(37)38-16-18-11-19(26(28,29)30)13-20(27)12-18/h11-14H,4-10,15-17H2,1-3H3. The molecule has 0 aliphatic carbocycles. The lowest BCUT2D eigenvalue weighted by atomic mass is 9.87. The Hall–Kier alpha value is -2.79. The predicted molar refractivity (Wildman–Crippen MR) is 136 cm³/mol. The molecule has 0 bridgehead atoms. The lowest BCUT2D eigenvalue weighted by Crippen LogP contribution is -2.62. The number of aromatic nitrogens is 2. The maximum absolute atomic E-state index is 13.6. The first-order valence-corrected chi connectivity index (χ1v) is 13.2. The van der Waals surface area contributed by atoms with E-state index in [4.69, 9.17) is 16.3 Å². The topological polar surface area (TPSA) is 70.9 Å². The highest BCUT2D eigenvalue weighted by Gasteiger charge is 2.41. The van der Waals surface area contributed by atoms with Crippen molar-refractivity contribution < 1.29 is 27.5 Å². The van der Waals surface area contributed by atoms with Crippen LogP contribution in [0.2, 0.25) is 5.02 Å². The Morgan fingerprint density at radius 1 is 1.08 bits per heavy atom. The number of benzene rings is 1. The molecule has 2 amide bonds. The molecule has 0 spiro atoms. The fourth-order valence-corrected chi connectivity index (χ4v) is 5.60. The average molecular weight is 556 g/mol. The van der Waals surface area contributed by atoms with E-state index in [0.29, 0.717) is 37.4 Å². The Bertz CT molecular complexity index is 1180. The number of hydrogen-bond donors (Lipinski definition) is 0. The van der Waals surface area contributed by atoms with Crippen LogP contribution in [0.1, 0.15) is 60.4 Å². The van der Waals surface area contributed by atoms with Gasteiger partial charge in [0.05, 0.1) is 23.3 Å². The number of halogens is 4. The molecule has 1 aromatic carbocycles. The Labute approximate surface area is 225 Å². The molecule has 1 saturated heterocycles. The van der Waals surface area contributed by atoms with Crippen LogP contribution in [0.15, 0.2) is 24.3 Å². The van der Waals surface area contributed by atoms with Crippen LogP contribution in [0.3, 0.4) is 0 Å². The first kappa shape index (κ1) is 28.2. The van der Waals surface area contributed by atoms with Crippen LogP contribution < -0.4 is 0 Å². The molecule has 1 aromatic heterocycles. The zero-order chi connectivity index (χ0) is 27.7. The lowest BCUT2D eigenvalue weighted by molar-refractivity contribution is -0.137. The molecule has 2 aliphatic heterocycles. The fraction of sp³-hybridized carbons (Fsp3) is 0.577. The third kappa shape index (κ3) is 5.93. The summed E-state index contributed by atoms with van der Waals surface area (Å²) >= 11 is 5.83. The Kier molecular flexibility index (Phi) is 8.27. The normalized spacial score (nSPS) is 18.2. The van der Waals surface area contributed by atoms with Gasteiger partial charge in [0.1, 0.15) is 6.61 Å². The molecule has 0 unspecified atom stereocenters. The number of likely N-dealkylation sites (N-methyl/N-ethyl adjacent to an activating group) is 1. The van der Waals surface area contributed by atoms with Gasteiger partial charge in [-0.1, -0.05) is 25.4 Å². The van der Waals surface area contributed by atoms with Crippen molar-refractivity contribution in [1.82, 2.24) is 24.5 Å². The van der Waals surface area contributed by atoms with E-state index >= 15 is 0 Å². The molecule has 1 fully saturated rings. The number of hydrogen-bond acceptors (Lipinski definition) is 5. The summed E-state index contributed by atoms with van der Waals surface area (Å²) in [5.74, 6) is -0.113. The number of aryl methyl sites for hydroxylation is 1. The van der Waals surface area contributed by atoms with Crippen molar-refractivity contribution in [1.29, 1.82) is 0 Å². The number of alkyl halides is 3. The monoisotopic (exact) mass is 555 g/mol. The molecular formula is C26H33ClF3N5O3. The minimum atomic E-state index is -4.56. The molecule has 0 saturated carbocycles. The van der Waals surface area contributed by atoms with Gasteiger partial charge < -0.3 is 19.4 Å². The molecule has 3 heterocycles. The third-order valence-corrected chi connectivity index (χ3v) is 7.76. The van der Waals surface area contributed by atoms with E-state index in [1.807, 2.05) is 4.90 Å². The quantitative estimate of drug-likeness (QED) is 0.517. The number of amides is 2. The van der Waals surface area contributed by atoms with E-state index in [0.717, 1.165) is 38.1 Å². The zero-order valence-corrected chi connectivity index (χ0v) is 22.6. The van der Waals surface area contributed by atoms with Crippen molar-refractivity contribution in [3.05, 3.63) is 51.8 Å². The van der Waals surface area contributed by atoms with Gasteiger partial charge >= 0.3 is 12.3 Å². The van der Waals surface area contributed by atoms with Crippen molar-refractivity contribution in [3.63, 3.8) is 0 Å². The lowest BCUT2D eigenvalue weighted by Gasteiger charge is -2.49. The van der Waals surface area contributed by atoms with Gasteiger partial charge in [-0.25, -0.2) is 4.79 Å². The van der Waals surface area contributed by atoms with Gasteiger partial charge in [-0.3, -0.25) is 9.48 Å². The second-order valence-electron chi connectivity index (χ2n) is 10.0. The first-order chi connectivity index (χ1) is 18.0. The number of ether oxygens (including phenoxy) is 1. The van der Waals surface area contributed by atoms with Crippen LogP contribution in [-0.4, -0.2) is 75.2 Å². The molecule has 0 N–H and O–H groups in total. The van der Waals surface area contributed by atoms with Crippen LogP contribution in [0, 0.1) is 0 Å². The van der Waals surface area contributed by atoms with E-state index in [-0.39, 0.29) is 35.2 Å². The number of rotatable bonds is 5. The van der Waals surface area contributed by atoms with Crippen LogP contribution in [0.5, 0.6) is 0 Å². The summed E-state index contributed by atoms with van der Waals surface area (Å²) in [7, 11) is 2.07. The highest BCUT2D eigenvalue weighted by Crippen LogP contribution is 2.32. The van der Waals surface area contributed by atoms with Crippen LogP contribution >= 0.6 is 11.6 Å². The first-order valence-electron chi connectivity index (χ1n) is 12.8. The smallest absolute Gasteiger partial charge is 0.416 e. The summed E-state index contributed by atoms with van der Waals surface area (Å²) in [4.78, 5) is 32.1. The van der Waals surface area contributed by atoms with Gasteiger partial charge in [0, 0.05) is 37.7 Å². The molecule has 2 aliphatic rings. The summed E-state index contributed by atoms with van der Waals surface area (Å²) < 4.78 is 46.3. The number of carbonyl (C=O) groups is 2. The average Bonchev–Trinajstić information content (AvgIpc) is 3.17. The Balaban J connectivity index is 1.45. The molecule has 2 aromatic rings. The Morgan fingerprint density at radius 3 is 2.50 bits per heavy atom. The summed E-state index contributed by atoms with van der Waals surface area (Å²) in [5.41, 5.74) is 0.0472. The molecule has 208 valence electrons. The van der Waals surface area contributed by atoms with E-state index in [1.165, 1.54) is 11.0 Å². The summed E-state index contributed by atoms with van der Waals surface area (Å²) in [6.45, 7) is 7.17. The largest absolute Gasteiger partial charge is 0.445 e. The summed E-state index contributed by atoms with van der Waals surface area (Å²) in [6, 6.07) is 4.81. The third-order valence-electron chi connectivity index (χ3n) is 7.54. The van der Waals surface area contributed by atoms with Crippen molar-refractivity contribution >= 4 is 23.6 Å². The molecule has 12 heteroatoms. The van der Waals surface area contributed by atoms with Gasteiger partial charge in [-0.15, -0.1) is 0 Å².